The summed E-state index contributed by atoms with van der Waals surface area (Å²) in [6.45, 7) is 0. The lowest BCUT2D eigenvalue weighted by molar-refractivity contribution is -0.158. The van der Waals surface area contributed by atoms with Crippen LogP contribution in [-0.4, -0.2) is 9.07 Å². The predicted molar refractivity (Wildman–Crippen MR) is 14.0 cm³/mol. The van der Waals surface area contributed by atoms with Crippen molar-refractivity contribution in [3.8, 4) is 0 Å². The van der Waals surface area contributed by atoms with Gasteiger partial charge in [0.25, 0.3) is 0 Å². The molecule has 0 fully saturated rings. The third-order valence-corrected chi connectivity index (χ3v) is 0.671. The van der Waals surface area contributed by atoms with Crippen LogP contribution in [0.1, 0.15) is 0 Å². The molecule has 0 aliphatic rings. The molecule has 5 heavy (non-hydrogen) atoms. The molecule has 0 aliphatic heterocycles. The van der Waals surface area contributed by atoms with Crippen LogP contribution in [0.5, 0.6) is 0 Å². The molecular weight excluding hydrogens is 107 g/mol. The van der Waals surface area contributed by atoms with E-state index in [-0.39, 0.29) is 0 Å². The molecule has 0 rings (SSSR count). The topological polar surface area (TPSA) is 57.2 Å². The van der Waals surface area contributed by atoms with Gasteiger partial charge in [-0.05, 0) is 0 Å². The first-order valence-electron chi connectivity index (χ1n) is 0.793. The molecule has 1 atom stereocenters. The van der Waals surface area contributed by atoms with Crippen LogP contribution in [0.4, 0.5) is 0 Å². The van der Waals surface area contributed by atoms with Crippen LogP contribution in [0, 0.1) is 0 Å². The molecule has 0 heterocycles. The van der Waals surface area contributed by atoms with Crippen molar-refractivity contribution in [2.24, 2.45) is 0 Å². The zero-order chi connectivity index (χ0) is 4.28. The van der Waals surface area contributed by atoms with Crippen molar-refractivity contribution >= 4 is 16.6 Å². The molecule has 0 amide bonds. The van der Waals surface area contributed by atoms with Gasteiger partial charge in [-0.2, -0.15) is 0 Å². The van der Waals surface area contributed by atoms with Crippen LogP contribution >= 0.6 is 7.58 Å². The summed E-state index contributed by atoms with van der Waals surface area (Å²) in [6.07, 6.45) is 0. The van der Waals surface area contributed by atoms with Crippen LogP contribution in [-0.2, 0) is 9.03 Å². The summed E-state index contributed by atoms with van der Waals surface area (Å²) in [5, 5.41) is 0. The molecule has 3 nitrogen and oxygen atoms in total. The van der Waals surface area contributed by atoms with E-state index in [2.05, 4.69) is 0 Å². The highest BCUT2D eigenvalue weighted by Crippen LogP contribution is 1.92. The van der Waals surface area contributed by atoms with Gasteiger partial charge in [-0.25, -0.2) is 0 Å². The maximum atomic E-state index is 9.10. The van der Waals surface area contributed by atoms with Crippen LogP contribution in [0.15, 0.2) is 0 Å². The molecule has 0 aromatic carbocycles. The Morgan fingerprint density at radius 2 is 2.00 bits per heavy atom. The van der Waals surface area contributed by atoms with Crippen LogP contribution in [0.25, 0.3) is 0 Å². The molecule has 1 unspecified atom stereocenters. The van der Waals surface area contributed by atoms with Crippen molar-refractivity contribution in [3.05, 3.63) is 0 Å². The summed E-state index contributed by atoms with van der Waals surface area (Å²) in [5.74, 6) is 0. The number of hydrogen-bond acceptors (Lipinski definition) is 3. The van der Waals surface area contributed by atoms with Gasteiger partial charge in [0.2, 0.25) is 0 Å². The normalized spacial score (nSPS) is 10.2. The summed E-state index contributed by atoms with van der Waals surface area (Å²) < 4.78 is 18.2. The van der Waals surface area contributed by atoms with Gasteiger partial charge in [0.05, 0.1) is 0 Å². The predicted octanol–water partition coefficient (Wildman–Crippen LogP) is -0.946. The fourth-order valence-corrected chi connectivity index (χ4v) is 0. The molecular formula is O3PSi. The zero-order valence-corrected chi connectivity index (χ0v) is 4.07. The maximum Gasteiger partial charge on any atom is 0.674 e. The van der Waals surface area contributed by atoms with Crippen molar-refractivity contribution in [1.29, 1.82) is 0 Å². The van der Waals surface area contributed by atoms with E-state index in [9.17, 15) is 0 Å². The summed E-state index contributed by atoms with van der Waals surface area (Å²) >= 11 is 0. The lowest BCUT2D eigenvalue weighted by Gasteiger charge is -1.57. The molecule has 0 saturated heterocycles. The Bertz CT molecular complexity index is 57.9. The first-order valence-corrected chi connectivity index (χ1v) is 3.72. The Hall–Kier alpha value is 0.0769. The maximum absolute atomic E-state index is 9.10. The molecule has 27 valence electrons. The summed E-state index contributed by atoms with van der Waals surface area (Å²) in [7, 11) is -3.81. The van der Waals surface area contributed by atoms with Crippen molar-refractivity contribution < 1.29 is 13.9 Å². The fourth-order valence-electron chi connectivity index (χ4n) is 0. The largest absolute Gasteiger partial charge is 0.674 e. The van der Waals surface area contributed by atoms with Gasteiger partial charge < -0.3 is 9.36 Å². The SMILES string of the molecule is O=[Si][P+](=O)[O-]. The van der Waals surface area contributed by atoms with E-state index in [0.717, 1.165) is 0 Å². The van der Waals surface area contributed by atoms with Gasteiger partial charge in [-0.1, -0.05) is 4.57 Å². The van der Waals surface area contributed by atoms with Crippen molar-refractivity contribution in [2.45, 2.75) is 0 Å². The Morgan fingerprint density at radius 1 is 1.80 bits per heavy atom. The third kappa shape index (κ3) is 4.08. The summed E-state index contributed by atoms with van der Waals surface area (Å²) in [4.78, 5) is 9.10. The molecule has 0 aromatic heterocycles. The summed E-state index contributed by atoms with van der Waals surface area (Å²) in [6, 6.07) is 0. The lowest BCUT2D eigenvalue weighted by atomic mass is 15.9. The smallest absolute Gasteiger partial charge is 0.602 e. The molecule has 0 bridgehead atoms. The molecule has 0 N–H and O–H groups in total. The van der Waals surface area contributed by atoms with Crippen molar-refractivity contribution in [3.63, 3.8) is 0 Å². The monoisotopic (exact) mass is 107 g/mol. The molecule has 1 radical (unpaired) electrons. The third-order valence-electron chi connectivity index (χ3n) is 0.0745. The van der Waals surface area contributed by atoms with E-state index < -0.39 is 16.6 Å². The molecule has 5 heteroatoms. The van der Waals surface area contributed by atoms with Crippen molar-refractivity contribution in [1.82, 2.24) is 0 Å². The minimum absolute atomic E-state index is 1.18. The second-order valence-electron chi connectivity index (χ2n) is 0.348. The number of hydrogen-bond donors (Lipinski definition) is 0. The van der Waals surface area contributed by atoms with Gasteiger partial charge >= 0.3 is 16.6 Å². The minimum Gasteiger partial charge on any atom is -0.602 e. The Kier molecular flexibility index (Phi) is 2.36. The quantitative estimate of drug-likeness (QED) is 0.320. The minimum atomic E-state index is -2.63. The molecule has 0 aliphatic carbocycles. The zero-order valence-electron chi connectivity index (χ0n) is 2.17. The number of rotatable bonds is 1. The van der Waals surface area contributed by atoms with E-state index in [4.69, 9.17) is 13.9 Å². The van der Waals surface area contributed by atoms with Crippen LogP contribution < -0.4 is 4.89 Å². The first-order chi connectivity index (χ1) is 2.27. The van der Waals surface area contributed by atoms with Crippen LogP contribution in [0.3, 0.4) is 0 Å². The standard InChI is InChI=1S/O3PSi/c1-4(2)5-3. The first kappa shape index (κ1) is 5.08. The van der Waals surface area contributed by atoms with E-state index in [1.165, 1.54) is 0 Å². The molecule has 0 spiro atoms. The second kappa shape index (κ2) is 2.32. The van der Waals surface area contributed by atoms with Gasteiger partial charge in [-0.3, -0.25) is 0 Å². The van der Waals surface area contributed by atoms with Gasteiger partial charge in [0.15, 0.2) is 0 Å². The second-order valence-corrected chi connectivity index (χ2v) is 2.69. The lowest BCUT2D eigenvalue weighted by Crippen LogP contribution is -1.83. The van der Waals surface area contributed by atoms with Gasteiger partial charge in [0, 0.05) is 0 Å². The van der Waals surface area contributed by atoms with E-state index in [0.29, 0.717) is 0 Å². The highest BCUT2D eigenvalue weighted by atomic mass is 31.4. The van der Waals surface area contributed by atoms with Gasteiger partial charge in [-0.15, -0.1) is 0 Å². The van der Waals surface area contributed by atoms with E-state index in [1.54, 1.807) is 0 Å². The van der Waals surface area contributed by atoms with E-state index in [1.807, 2.05) is 0 Å². The highest BCUT2D eigenvalue weighted by molar-refractivity contribution is 7.67. The fraction of sp³-hybridized carbons (Fsp3) is 0. The Balaban J connectivity index is 3.20. The average Bonchev–Trinajstić information content (AvgIpc) is 1.38. The van der Waals surface area contributed by atoms with E-state index >= 15 is 0 Å². The Morgan fingerprint density at radius 3 is 2.00 bits per heavy atom. The average molecular weight is 107 g/mol. The summed E-state index contributed by atoms with van der Waals surface area (Å²) in [5.41, 5.74) is 0. The Labute approximate surface area is 31.6 Å². The highest BCUT2D eigenvalue weighted by Gasteiger charge is 1.93. The van der Waals surface area contributed by atoms with Gasteiger partial charge in [0.1, 0.15) is 0 Å². The molecule has 0 saturated carbocycles. The van der Waals surface area contributed by atoms with Crippen molar-refractivity contribution in [2.75, 3.05) is 0 Å². The molecule has 0 aromatic rings. The van der Waals surface area contributed by atoms with Crippen LogP contribution in [0.2, 0.25) is 0 Å².